The third-order valence-corrected chi connectivity index (χ3v) is 4.16. The summed E-state index contributed by atoms with van der Waals surface area (Å²) in [7, 11) is 2.10. The topological polar surface area (TPSA) is 49.6 Å². The largest absolute Gasteiger partial charge is 0.399 e. The van der Waals surface area contributed by atoms with Gasteiger partial charge in [-0.25, -0.2) is 0 Å². The van der Waals surface area contributed by atoms with E-state index in [9.17, 15) is 4.79 Å². The summed E-state index contributed by atoms with van der Waals surface area (Å²) in [5.74, 6) is 0.0502. The van der Waals surface area contributed by atoms with Crippen LogP contribution < -0.4 is 5.73 Å². The Labute approximate surface area is 131 Å². The normalized spacial score (nSPS) is 19.1. The highest BCUT2D eigenvalue weighted by molar-refractivity contribution is 5.95. The van der Waals surface area contributed by atoms with E-state index in [1.54, 1.807) is 12.1 Å². The van der Waals surface area contributed by atoms with Gasteiger partial charge in [-0.15, -0.1) is 0 Å². The van der Waals surface area contributed by atoms with E-state index in [0.717, 1.165) is 19.6 Å². The van der Waals surface area contributed by atoms with E-state index in [1.165, 1.54) is 5.56 Å². The van der Waals surface area contributed by atoms with Gasteiger partial charge in [-0.05, 0) is 30.8 Å². The minimum Gasteiger partial charge on any atom is -0.399 e. The number of nitrogen functional groups attached to an aromatic ring is 1. The summed E-state index contributed by atoms with van der Waals surface area (Å²) in [5.41, 5.74) is 8.27. The van der Waals surface area contributed by atoms with Crippen molar-refractivity contribution in [2.24, 2.45) is 0 Å². The molecule has 0 bridgehead atoms. The zero-order valence-corrected chi connectivity index (χ0v) is 12.8. The molecule has 1 aliphatic rings. The van der Waals surface area contributed by atoms with Crippen LogP contribution in [0.5, 0.6) is 0 Å². The van der Waals surface area contributed by atoms with Crippen LogP contribution in [0.25, 0.3) is 0 Å². The van der Waals surface area contributed by atoms with Crippen LogP contribution in [0, 0.1) is 0 Å². The second kappa shape index (κ2) is 6.20. The van der Waals surface area contributed by atoms with Crippen LogP contribution in [0.2, 0.25) is 0 Å². The molecular formula is C18H21N3O. The van der Waals surface area contributed by atoms with E-state index in [1.807, 2.05) is 35.2 Å². The summed E-state index contributed by atoms with van der Waals surface area (Å²) < 4.78 is 0. The summed E-state index contributed by atoms with van der Waals surface area (Å²) in [5, 5.41) is 0. The number of hydrogen-bond acceptors (Lipinski definition) is 3. The average molecular weight is 295 g/mol. The van der Waals surface area contributed by atoms with Crippen molar-refractivity contribution >= 4 is 11.6 Å². The monoisotopic (exact) mass is 295 g/mol. The third kappa shape index (κ3) is 2.97. The lowest BCUT2D eigenvalue weighted by Crippen LogP contribution is -2.49. The maximum atomic E-state index is 12.9. The quantitative estimate of drug-likeness (QED) is 0.866. The molecule has 2 aromatic rings. The molecule has 1 fully saturated rings. The minimum atomic E-state index is 0.0502. The van der Waals surface area contributed by atoms with Gasteiger partial charge in [0.25, 0.3) is 5.91 Å². The van der Waals surface area contributed by atoms with Crippen LogP contribution in [0.1, 0.15) is 22.0 Å². The molecule has 0 spiro atoms. The number of carbonyl (C=O) groups is 1. The summed E-state index contributed by atoms with van der Waals surface area (Å²) in [6.07, 6.45) is 0. The van der Waals surface area contributed by atoms with E-state index >= 15 is 0 Å². The van der Waals surface area contributed by atoms with E-state index in [0.29, 0.717) is 11.3 Å². The smallest absolute Gasteiger partial charge is 0.254 e. The molecule has 1 atom stereocenters. The molecule has 4 nitrogen and oxygen atoms in total. The highest BCUT2D eigenvalue weighted by Crippen LogP contribution is 2.26. The van der Waals surface area contributed by atoms with Crippen LogP contribution >= 0.6 is 0 Å². The fourth-order valence-corrected chi connectivity index (χ4v) is 2.96. The molecule has 2 N–H and O–H groups in total. The summed E-state index contributed by atoms with van der Waals surface area (Å²) in [6, 6.07) is 17.5. The van der Waals surface area contributed by atoms with Gasteiger partial charge < -0.3 is 15.5 Å². The Hall–Kier alpha value is -2.33. The number of hydrogen-bond donors (Lipinski definition) is 1. The van der Waals surface area contributed by atoms with E-state index in [-0.39, 0.29) is 11.9 Å². The fraction of sp³-hybridized carbons (Fsp3) is 0.278. The SMILES string of the molecule is CN1CCN(C(=O)c2cccc(N)c2)C(c2ccccc2)C1. The molecule has 1 amide bonds. The van der Waals surface area contributed by atoms with Gasteiger partial charge in [0.05, 0.1) is 6.04 Å². The number of piperazine rings is 1. The van der Waals surface area contributed by atoms with Crippen LogP contribution in [0.4, 0.5) is 5.69 Å². The number of amides is 1. The second-order valence-corrected chi connectivity index (χ2v) is 5.81. The van der Waals surface area contributed by atoms with Gasteiger partial charge in [0.1, 0.15) is 0 Å². The first kappa shape index (κ1) is 14.6. The minimum absolute atomic E-state index is 0.0502. The van der Waals surface area contributed by atoms with Gasteiger partial charge in [0, 0.05) is 30.9 Å². The van der Waals surface area contributed by atoms with Crippen molar-refractivity contribution in [1.29, 1.82) is 0 Å². The molecule has 22 heavy (non-hydrogen) atoms. The Bertz CT molecular complexity index is 656. The van der Waals surface area contributed by atoms with Crippen molar-refractivity contribution < 1.29 is 4.79 Å². The second-order valence-electron chi connectivity index (χ2n) is 5.81. The zero-order valence-electron chi connectivity index (χ0n) is 12.8. The number of nitrogens with zero attached hydrogens (tertiary/aromatic N) is 2. The molecule has 2 aromatic carbocycles. The molecule has 1 unspecified atom stereocenters. The maximum Gasteiger partial charge on any atom is 0.254 e. The number of anilines is 1. The molecular weight excluding hydrogens is 274 g/mol. The first-order valence-electron chi connectivity index (χ1n) is 7.55. The lowest BCUT2D eigenvalue weighted by molar-refractivity contribution is 0.0498. The van der Waals surface area contributed by atoms with Crippen molar-refractivity contribution in [2.45, 2.75) is 6.04 Å². The molecule has 114 valence electrons. The van der Waals surface area contributed by atoms with Crippen molar-refractivity contribution in [2.75, 3.05) is 32.4 Å². The Balaban J connectivity index is 1.91. The fourth-order valence-electron chi connectivity index (χ4n) is 2.96. The lowest BCUT2D eigenvalue weighted by atomic mass is 10.0. The van der Waals surface area contributed by atoms with Crippen molar-refractivity contribution in [3.05, 3.63) is 65.7 Å². The number of nitrogens with two attached hydrogens (primary N) is 1. The van der Waals surface area contributed by atoms with Crippen molar-refractivity contribution in [3.63, 3.8) is 0 Å². The molecule has 0 aliphatic carbocycles. The predicted molar refractivity (Wildman–Crippen MR) is 88.6 cm³/mol. The number of carbonyl (C=O) groups excluding carboxylic acids is 1. The highest BCUT2D eigenvalue weighted by Gasteiger charge is 2.30. The molecule has 1 saturated heterocycles. The number of rotatable bonds is 2. The van der Waals surface area contributed by atoms with E-state index < -0.39 is 0 Å². The predicted octanol–water partition coefficient (Wildman–Crippen LogP) is 2.40. The maximum absolute atomic E-state index is 12.9. The van der Waals surface area contributed by atoms with E-state index in [2.05, 4.69) is 24.1 Å². The Kier molecular flexibility index (Phi) is 4.11. The van der Waals surface area contributed by atoms with E-state index in [4.69, 9.17) is 5.73 Å². The van der Waals surface area contributed by atoms with Crippen LogP contribution in [-0.4, -0.2) is 42.4 Å². The van der Waals surface area contributed by atoms with Gasteiger partial charge in [-0.1, -0.05) is 36.4 Å². The molecule has 0 radical (unpaired) electrons. The molecule has 3 rings (SSSR count). The molecule has 1 aliphatic heterocycles. The van der Waals surface area contributed by atoms with Gasteiger partial charge in [0.2, 0.25) is 0 Å². The summed E-state index contributed by atoms with van der Waals surface area (Å²) >= 11 is 0. The Morgan fingerprint density at radius 2 is 1.86 bits per heavy atom. The first-order chi connectivity index (χ1) is 10.6. The van der Waals surface area contributed by atoms with Gasteiger partial charge in [-0.3, -0.25) is 4.79 Å². The van der Waals surface area contributed by atoms with Gasteiger partial charge in [0.15, 0.2) is 0 Å². The highest BCUT2D eigenvalue weighted by atomic mass is 16.2. The summed E-state index contributed by atoms with van der Waals surface area (Å²) in [4.78, 5) is 17.1. The molecule has 4 heteroatoms. The first-order valence-corrected chi connectivity index (χ1v) is 7.55. The van der Waals surface area contributed by atoms with Crippen LogP contribution in [0.3, 0.4) is 0 Å². The van der Waals surface area contributed by atoms with Crippen LogP contribution in [0.15, 0.2) is 54.6 Å². The number of likely N-dealkylation sites (N-methyl/N-ethyl adjacent to an activating group) is 1. The third-order valence-electron chi connectivity index (χ3n) is 4.16. The summed E-state index contributed by atoms with van der Waals surface area (Å²) in [6.45, 7) is 2.46. The lowest BCUT2D eigenvalue weighted by Gasteiger charge is -2.40. The van der Waals surface area contributed by atoms with Crippen molar-refractivity contribution in [1.82, 2.24) is 9.80 Å². The zero-order chi connectivity index (χ0) is 15.5. The van der Waals surface area contributed by atoms with Gasteiger partial charge >= 0.3 is 0 Å². The van der Waals surface area contributed by atoms with Gasteiger partial charge in [-0.2, -0.15) is 0 Å². The molecule has 1 heterocycles. The standard InChI is InChI=1S/C18H21N3O/c1-20-10-11-21(17(13-20)14-6-3-2-4-7-14)18(22)15-8-5-9-16(19)12-15/h2-9,12,17H,10-11,13,19H2,1H3. The Morgan fingerprint density at radius 3 is 2.59 bits per heavy atom. The van der Waals surface area contributed by atoms with Crippen LogP contribution in [-0.2, 0) is 0 Å². The van der Waals surface area contributed by atoms with Crippen molar-refractivity contribution in [3.8, 4) is 0 Å². The molecule has 0 aromatic heterocycles. The number of benzene rings is 2. The average Bonchev–Trinajstić information content (AvgIpc) is 2.55. The Morgan fingerprint density at radius 1 is 1.09 bits per heavy atom. The molecule has 0 saturated carbocycles.